The summed E-state index contributed by atoms with van der Waals surface area (Å²) in [6.45, 7) is 5.69. The van der Waals surface area contributed by atoms with Crippen LogP contribution in [0.5, 0.6) is 11.8 Å². The third kappa shape index (κ3) is 4.46. The van der Waals surface area contributed by atoms with Crippen LogP contribution in [-0.4, -0.2) is 64.0 Å². The Morgan fingerprint density at radius 1 is 1.18 bits per heavy atom. The zero-order valence-corrected chi connectivity index (χ0v) is 23.0. The molecule has 40 heavy (non-hydrogen) atoms. The molecule has 7 rings (SSSR count). The number of aryl methyl sites for hydroxylation is 1. The van der Waals surface area contributed by atoms with Gasteiger partial charge in [-0.15, -0.1) is 6.42 Å². The van der Waals surface area contributed by atoms with E-state index in [1.54, 1.807) is 18.2 Å². The van der Waals surface area contributed by atoms with Gasteiger partial charge in [0.2, 0.25) is 0 Å². The molecule has 4 aliphatic rings. The van der Waals surface area contributed by atoms with E-state index in [1.165, 1.54) is 25.3 Å². The number of hydrogen-bond acceptors (Lipinski definition) is 7. The zero-order valence-electron chi connectivity index (χ0n) is 23.0. The van der Waals surface area contributed by atoms with Gasteiger partial charge in [0, 0.05) is 35.4 Å². The number of anilines is 1. The molecule has 3 aliphatic heterocycles. The molecule has 1 N–H and O–H groups in total. The van der Waals surface area contributed by atoms with E-state index in [0.717, 1.165) is 55.8 Å². The fraction of sp³-hybridized carbons (Fsp3) is 0.500. The first-order valence-corrected chi connectivity index (χ1v) is 14.5. The van der Waals surface area contributed by atoms with Crippen LogP contribution in [0.4, 0.5) is 10.1 Å². The molecule has 2 saturated heterocycles. The van der Waals surface area contributed by atoms with Crippen LogP contribution in [-0.2, 0) is 17.7 Å². The van der Waals surface area contributed by atoms with Crippen molar-refractivity contribution < 1.29 is 19.0 Å². The summed E-state index contributed by atoms with van der Waals surface area (Å²) in [4.78, 5) is 14.3. The number of rotatable bonds is 7. The first-order valence-electron chi connectivity index (χ1n) is 14.5. The van der Waals surface area contributed by atoms with Crippen LogP contribution in [0.3, 0.4) is 0 Å². The normalized spacial score (nSPS) is 24.2. The molecule has 0 spiro atoms. The third-order valence-corrected chi connectivity index (χ3v) is 9.32. The van der Waals surface area contributed by atoms with Crippen LogP contribution >= 0.6 is 0 Å². The van der Waals surface area contributed by atoms with Gasteiger partial charge in [0.15, 0.2) is 0 Å². The molecule has 1 saturated carbocycles. The number of phenolic OH excluding ortho intramolecular Hbond substituents is 1. The molecular formula is C32H35FN4O3. The number of phenols is 1. The summed E-state index contributed by atoms with van der Waals surface area (Å²) in [5.74, 6) is 2.19. The largest absolute Gasteiger partial charge is 0.508 e. The minimum absolute atomic E-state index is 0.0347. The van der Waals surface area contributed by atoms with Crippen LogP contribution in [0.2, 0.25) is 0 Å². The predicted octanol–water partition coefficient (Wildman–Crippen LogP) is 4.88. The summed E-state index contributed by atoms with van der Waals surface area (Å²) in [5.41, 5.74) is 3.89. The van der Waals surface area contributed by atoms with Crippen molar-refractivity contribution in [2.45, 2.75) is 76.1 Å². The Morgan fingerprint density at radius 2 is 2.05 bits per heavy atom. The number of benzene rings is 2. The molecule has 7 nitrogen and oxygen atoms in total. The lowest BCUT2D eigenvalue weighted by molar-refractivity contribution is 0.0304. The van der Waals surface area contributed by atoms with E-state index in [9.17, 15) is 9.50 Å². The third-order valence-electron chi connectivity index (χ3n) is 9.32. The molecule has 1 aliphatic carbocycles. The summed E-state index contributed by atoms with van der Waals surface area (Å²) in [6.07, 6.45) is 13.9. The van der Waals surface area contributed by atoms with E-state index >= 15 is 0 Å². The maximum atomic E-state index is 14.7. The smallest absolute Gasteiger partial charge is 0.316 e. The highest BCUT2D eigenvalue weighted by Crippen LogP contribution is 2.43. The van der Waals surface area contributed by atoms with Crippen LogP contribution in [0.25, 0.3) is 10.8 Å². The number of hydrogen-bond donors (Lipinski definition) is 1. The van der Waals surface area contributed by atoms with Crippen molar-refractivity contribution in [2.75, 3.05) is 31.2 Å². The van der Waals surface area contributed by atoms with E-state index < -0.39 is 5.82 Å². The SMILES string of the molecule is C#Cc1c(F)ccc2cc(O)cc(N3CCc4c(C)nc(OCC56CCCN5C(COC5CC5)CC6)nc4C3)c12. The number of nitrogens with zero attached hydrogens (tertiary/aromatic N) is 4. The molecular weight excluding hydrogens is 507 g/mol. The molecule has 0 bridgehead atoms. The van der Waals surface area contributed by atoms with E-state index in [2.05, 4.69) is 15.7 Å². The summed E-state index contributed by atoms with van der Waals surface area (Å²) in [5, 5.41) is 11.8. The Morgan fingerprint density at radius 3 is 2.88 bits per heavy atom. The first-order chi connectivity index (χ1) is 19.4. The van der Waals surface area contributed by atoms with Crippen molar-refractivity contribution in [3.8, 4) is 24.1 Å². The molecule has 1 aromatic heterocycles. The molecule has 2 unspecified atom stereocenters. The minimum atomic E-state index is -0.443. The minimum Gasteiger partial charge on any atom is -0.508 e. The maximum absolute atomic E-state index is 14.7. The zero-order chi connectivity index (χ0) is 27.4. The molecule has 0 radical (unpaired) electrons. The Balaban J connectivity index is 1.13. The van der Waals surface area contributed by atoms with Crippen LogP contribution < -0.4 is 9.64 Å². The fourth-order valence-corrected chi connectivity index (χ4v) is 7.12. The van der Waals surface area contributed by atoms with Crippen molar-refractivity contribution >= 4 is 16.5 Å². The number of aromatic nitrogens is 2. The lowest BCUT2D eigenvalue weighted by Crippen LogP contribution is -2.48. The number of ether oxygens (including phenoxy) is 2. The Bertz CT molecular complexity index is 1520. The fourth-order valence-electron chi connectivity index (χ4n) is 7.12. The van der Waals surface area contributed by atoms with Gasteiger partial charge in [-0.3, -0.25) is 4.90 Å². The summed E-state index contributed by atoms with van der Waals surface area (Å²) in [6, 6.07) is 7.17. The lowest BCUT2D eigenvalue weighted by Gasteiger charge is -2.35. The Hall–Kier alpha value is -3.41. The molecule has 3 fully saturated rings. The van der Waals surface area contributed by atoms with Crippen molar-refractivity contribution in [3.05, 3.63) is 52.6 Å². The molecule has 3 aromatic rings. The van der Waals surface area contributed by atoms with Gasteiger partial charge in [-0.25, -0.2) is 9.37 Å². The first kappa shape index (κ1) is 25.6. The highest BCUT2D eigenvalue weighted by molar-refractivity contribution is 6.00. The molecule has 2 atom stereocenters. The van der Waals surface area contributed by atoms with E-state index in [0.29, 0.717) is 54.3 Å². The average Bonchev–Trinajstić information content (AvgIpc) is 3.59. The number of fused-ring (bicyclic) bond motifs is 3. The summed E-state index contributed by atoms with van der Waals surface area (Å²) >= 11 is 0. The van der Waals surface area contributed by atoms with Gasteiger partial charge < -0.3 is 19.5 Å². The Kier molecular flexibility index (Phi) is 6.32. The highest BCUT2D eigenvalue weighted by Gasteiger charge is 2.50. The van der Waals surface area contributed by atoms with Crippen molar-refractivity contribution in [1.29, 1.82) is 0 Å². The standard InChI is InChI=1S/C32H35FN4O3/c1-3-25-27(33)8-5-21-15-23(38)16-29(30(21)25)36-14-10-26-20(2)34-31(35-28(26)17-36)40-19-32-11-4-13-37(32)22(9-12-32)18-39-24-6-7-24/h1,5,8,15-16,22,24,38H,4,6-7,9-14,17-19H2,2H3. The second kappa shape index (κ2) is 9.90. The number of aromatic hydroxyl groups is 1. The van der Waals surface area contributed by atoms with Crippen LogP contribution in [0.15, 0.2) is 24.3 Å². The average molecular weight is 543 g/mol. The van der Waals surface area contributed by atoms with E-state index in [-0.39, 0.29) is 16.9 Å². The van der Waals surface area contributed by atoms with Crippen molar-refractivity contribution in [2.24, 2.45) is 0 Å². The van der Waals surface area contributed by atoms with Gasteiger partial charge in [0.05, 0.1) is 36.1 Å². The van der Waals surface area contributed by atoms with Gasteiger partial charge >= 0.3 is 6.01 Å². The Labute approximate surface area is 234 Å². The number of terminal acetylenes is 1. The van der Waals surface area contributed by atoms with Crippen LogP contribution in [0.1, 0.15) is 61.0 Å². The van der Waals surface area contributed by atoms with Gasteiger partial charge in [0.1, 0.15) is 18.2 Å². The highest BCUT2D eigenvalue weighted by atomic mass is 19.1. The molecule has 2 aromatic carbocycles. The van der Waals surface area contributed by atoms with Crippen LogP contribution in [0, 0.1) is 25.1 Å². The molecule has 4 heterocycles. The predicted molar refractivity (Wildman–Crippen MR) is 151 cm³/mol. The second-order valence-corrected chi connectivity index (χ2v) is 11.9. The topological polar surface area (TPSA) is 71.0 Å². The molecule has 208 valence electrons. The van der Waals surface area contributed by atoms with Gasteiger partial charge in [-0.05, 0) is 81.5 Å². The maximum Gasteiger partial charge on any atom is 0.316 e. The van der Waals surface area contributed by atoms with E-state index in [1.807, 2.05) is 6.92 Å². The quantitative estimate of drug-likeness (QED) is 0.427. The second-order valence-electron chi connectivity index (χ2n) is 11.9. The van der Waals surface area contributed by atoms with Gasteiger partial charge in [0.25, 0.3) is 0 Å². The van der Waals surface area contributed by atoms with Gasteiger partial charge in [-0.2, -0.15) is 4.98 Å². The molecule has 8 heteroatoms. The number of halogens is 1. The monoisotopic (exact) mass is 542 g/mol. The summed E-state index contributed by atoms with van der Waals surface area (Å²) < 4.78 is 27.1. The van der Waals surface area contributed by atoms with Crippen molar-refractivity contribution in [3.63, 3.8) is 0 Å². The lowest BCUT2D eigenvalue weighted by atomic mass is 9.95. The molecule has 0 amide bonds. The van der Waals surface area contributed by atoms with Gasteiger partial charge in [-0.1, -0.05) is 12.0 Å². The van der Waals surface area contributed by atoms with E-state index in [4.69, 9.17) is 25.9 Å². The summed E-state index contributed by atoms with van der Waals surface area (Å²) in [7, 11) is 0. The van der Waals surface area contributed by atoms with Crippen molar-refractivity contribution in [1.82, 2.24) is 14.9 Å².